The van der Waals surface area contributed by atoms with Crippen LogP contribution in [0.2, 0.25) is 0 Å². The van der Waals surface area contributed by atoms with Gasteiger partial charge in [-0.1, -0.05) is 36.4 Å². The van der Waals surface area contributed by atoms with Crippen LogP contribution in [0.1, 0.15) is 27.3 Å². The predicted molar refractivity (Wildman–Crippen MR) is 113 cm³/mol. The topological polar surface area (TPSA) is 84.1 Å². The number of rotatable bonds is 6. The van der Waals surface area contributed by atoms with Gasteiger partial charge in [-0.15, -0.1) is 10.2 Å². The molecule has 0 saturated carbocycles. The molecule has 31 heavy (non-hydrogen) atoms. The molecule has 0 unspecified atom stereocenters. The van der Waals surface area contributed by atoms with Crippen molar-refractivity contribution >= 4 is 5.78 Å². The third-order valence-electron chi connectivity index (χ3n) is 5.42. The Balaban J connectivity index is 1.34. The Hall–Kier alpha value is -3.94. The zero-order valence-electron chi connectivity index (χ0n) is 17.3. The van der Waals surface area contributed by atoms with Crippen molar-refractivity contribution in [3.63, 3.8) is 0 Å². The Morgan fingerprint density at radius 2 is 1.84 bits per heavy atom. The van der Waals surface area contributed by atoms with E-state index in [1.807, 2.05) is 68.4 Å². The van der Waals surface area contributed by atoms with E-state index in [4.69, 9.17) is 9.47 Å². The van der Waals surface area contributed by atoms with Crippen LogP contribution in [0.4, 0.5) is 0 Å². The van der Waals surface area contributed by atoms with Gasteiger partial charge in [-0.2, -0.15) is 4.80 Å². The molecule has 0 aliphatic carbocycles. The second-order valence-corrected chi connectivity index (χ2v) is 7.49. The molecule has 3 heterocycles. The SMILES string of the molecule is Cc1cc(C(=O)Cn2nnc(-c3ccccc3)n2)c(C)n1Cc1ccc2c(c1)OCO2. The zero-order chi connectivity index (χ0) is 21.4. The van der Waals surface area contributed by atoms with E-state index in [-0.39, 0.29) is 19.1 Å². The molecule has 1 aliphatic heterocycles. The number of aryl methyl sites for hydroxylation is 1. The molecule has 0 radical (unpaired) electrons. The van der Waals surface area contributed by atoms with Crippen molar-refractivity contribution in [2.45, 2.75) is 26.9 Å². The molecule has 2 aromatic heterocycles. The molecule has 0 atom stereocenters. The van der Waals surface area contributed by atoms with Gasteiger partial charge in [0.2, 0.25) is 12.6 Å². The Bertz CT molecular complexity index is 1260. The summed E-state index contributed by atoms with van der Waals surface area (Å²) in [6.45, 7) is 4.88. The van der Waals surface area contributed by atoms with Gasteiger partial charge in [-0.05, 0) is 42.8 Å². The van der Waals surface area contributed by atoms with Crippen molar-refractivity contribution < 1.29 is 14.3 Å². The minimum atomic E-state index is -0.0537. The van der Waals surface area contributed by atoms with Crippen molar-refractivity contribution in [1.29, 1.82) is 0 Å². The highest BCUT2D eigenvalue weighted by atomic mass is 16.7. The van der Waals surface area contributed by atoms with E-state index >= 15 is 0 Å². The molecule has 8 heteroatoms. The van der Waals surface area contributed by atoms with E-state index in [0.717, 1.165) is 34.0 Å². The van der Waals surface area contributed by atoms with Gasteiger partial charge < -0.3 is 14.0 Å². The Morgan fingerprint density at radius 3 is 2.68 bits per heavy atom. The molecule has 5 rings (SSSR count). The van der Waals surface area contributed by atoms with E-state index in [9.17, 15) is 4.79 Å². The molecule has 0 amide bonds. The van der Waals surface area contributed by atoms with Crippen LogP contribution in [0.3, 0.4) is 0 Å². The number of Topliss-reactive ketones (excluding diaryl/α,β-unsaturated/α-hetero) is 1. The number of ether oxygens (including phenoxy) is 2. The molecule has 0 saturated heterocycles. The van der Waals surface area contributed by atoms with E-state index in [1.54, 1.807) is 0 Å². The first-order chi connectivity index (χ1) is 15.1. The summed E-state index contributed by atoms with van der Waals surface area (Å²) < 4.78 is 13.0. The summed E-state index contributed by atoms with van der Waals surface area (Å²) in [5.74, 6) is 1.96. The molecule has 1 aliphatic rings. The average Bonchev–Trinajstić information content (AvgIpc) is 3.50. The van der Waals surface area contributed by atoms with Gasteiger partial charge in [0, 0.05) is 29.1 Å². The van der Waals surface area contributed by atoms with E-state index in [0.29, 0.717) is 17.9 Å². The lowest BCUT2D eigenvalue weighted by molar-refractivity contribution is 0.0960. The smallest absolute Gasteiger partial charge is 0.231 e. The third kappa shape index (κ3) is 3.68. The summed E-state index contributed by atoms with van der Waals surface area (Å²) in [6.07, 6.45) is 0. The fourth-order valence-electron chi connectivity index (χ4n) is 3.78. The number of ketones is 1. The highest BCUT2D eigenvalue weighted by molar-refractivity contribution is 5.97. The average molecular weight is 415 g/mol. The summed E-state index contributed by atoms with van der Waals surface area (Å²) in [7, 11) is 0. The number of hydrogen-bond acceptors (Lipinski definition) is 6. The molecule has 0 bridgehead atoms. The number of nitrogens with zero attached hydrogens (tertiary/aromatic N) is 5. The molecule has 0 fully saturated rings. The van der Waals surface area contributed by atoms with E-state index in [2.05, 4.69) is 20.0 Å². The van der Waals surface area contributed by atoms with Crippen molar-refractivity contribution in [2.24, 2.45) is 0 Å². The summed E-state index contributed by atoms with van der Waals surface area (Å²) in [4.78, 5) is 14.3. The Labute approximate surface area is 179 Å². The van der Waals surface area contributed by atoms with Crippen LogP contribution in [0.5, 0.6) is 11.5 Å². The first kappa shape index (κ1) is 19.0. The zero-order valence-corrected chi connectivity index (χ0v) is 17.3. The summed E-state index contributed by atoms with van der Waals surface area (Å²) in [6, 6.07) is 17.4. The molecular formula is C23H21N5O3. The maximum atomic E-state index is 13.0. The maximum Gasteiger partial charge on any atom is 0.231 e. The normalized spacial score (nSPS) is 12.3. The molecular weight excluding hydrogens is 394 g/mol. The van der Waals surface area contributed by atoms with Gasteiger partial charge in [-0.25, -0.2) is 0 Å². The summed E-state index contributed by atoms with van der Waals surface area (Å²) >= 11 is 0. The highest BCUT2D eigenvalue weighted by Gasteiger charge is 2.19. The van der Waals surface area contributed by atoms with Crippen molar-refractivity contribution in [3.8, 4) is 22.9 Å². The quantitative estimate of drug-likeness (QED) is 0.449. The number of aromatic nitrogens is 5. The van der Waals surface area contributed by atoms with Crippen molar-refractivity contribution in [1.82, 2.24) is 24.8 Å². The molecule has 4 aromatic rings. The monoisotopic (exact) mass is 415 g/mol. The van der Waals surface area contributed by atoms with Gasteiger partial charge in [0.1, 0.15) is 6.54 Å². The van der Waals surface area contributed by atoms with Crippen molar-refractivity contribution in [2.75, 3.05) is 6.79 Å². The van der Waals surface area contributed by atoms with Crippen LogP contribution in [0.15, 0.2) is 54.6 Å². The summed E-state index contributed by atoms with van der Waals surface area (Å²) in [5, 5.41) is 12.5. The van der Waals surface area contributed by atoms with E-state index < -0.39 is 0 Å². The lowest BCUT2D eigenvalue weighted by atomic mass is 10.1. The van der Waals surface area contributed by atoms with Gasteiger partial charge in [0.25, 0.3) is 0 Å². The minimum Gasteiger partial charge on any atom is -0.454 e. The number of benzene rings is 2. The number of hydrogen-bond donors (Lipinski definition) is 0. The highest BCUT2D eigenvalue weighted by Crippen LogP contribution is 2.33. The van der Waals surface area contributed by atoms with Crippen LogP contribution >= 0.6 is 0 Å². The number of carbonyl (C=O) groups excluding carboxylic acids is 1. The maximum absolute atomic E-state index is 13.0. The Kier molecular flexibility index (Phi) is 4.74. The third-order valence-corrected chi connectivity index (χ3v) is 5.42. The fourth-order valence-corrected chi connectivity index (χ4v) is 3.78. The number of fused-ring (bicyclic) bond motifs is 1. The number of carbonyl (C=O) groups is 1. The van der Waals surface area contributed by atoms with E-state index in [1.165, 1.54) is 4.80 Å². The molecule has 8 nitrogen and oxygen atoms in total. The van der Waals surface area contributed by atoms with Crippen LogP contribution in [0.25, 0.3) is 11.4 Å². The van der Waals surface area contributed by atoms with Crippen LogP contribution in [-0.2, 0) is 13.1 Å². The second-order valence-electron chi connectivity index (χ2n) is 7.49. The Morgan fingerprint density at radius 1 is 1.03 bits per heavy atom. The summed E-state index contributed by atoms with van der Waals surface area (Å²) in [5.41, 5.74) is 4.52. The van der Waals surface area contributed by atoms with Gasteiger partial charge in [-0.3, -0.25) is 4.79 Å². The lowest BCUT2D eigenvalue weighted by Crippen LogP contribution is -2.14. The first-order valence-electron chi connectivity index (χ1n) is 10.00. The first-order valence-corrected chi connectivity index (χ1v) is 10.00. The predicted octanol–water partition coefficient (Wildman–Crippen LogP) is 3.42. The fraction of sp³-hybridized carbons (Fsp3) is 0.217. The van der Waals surface area contributed by atoms with Gasteiger partial charge >= 0.3 is 0 Å². The molecule has 2 aromatic carbocycles. The number of tetrazole rings is 1. The van der Waals surface area contributed by atoms with Gasteiger partial charge in [0.05, 0.1) is 0 Å². The standard InChI is InChI=1S/C23H21N5O3/c1-15-10-19(16(2)27(15)12-17-8-9-21-22(11-17)31-14-30-21)20(29)13-28-25-23(24-26-28)18-6-4-3-5-7-18/h3-11H,12-14H2,1-2H3. The minimum absolute atomic E-state index is 0.0359. The van der Waals surface area contributed by atoms with Crippen molar-refractivity contribution in [3.05, 3.63) is 77.1 Å². The van der Waals surface area contributed by atoms with Gasteiger partial charge in [0.15, 0.2) is 17.3 Å². The second kappa shape index (κ2) is 7.71. The molecule has 156 valence electrons. The van der Waals surface area contributed by atoms with Crippen LogP contribution in [-0.4, -0.2) is 37.4 Å². The lowest BCUT2D eigenvalue weighted by Gasteiger charge is -2.10. The molecule has 0 spiro atoms. The largest absolute Gasteiger partial charge is 0.454 e. The van der Waals surface area contributed by atoms with Crippen LogP contribution in [0, 0.1) is 13.8 Å². The molecule has 0 N–H and O–H groups in total. The van der Waals surface area contributed by atoms with Crippen LogP contribution < -0.4 is 9.47 Å².